The van der Waals surface area contributed by atoms with Crippen LogP contribution in [0.3, 0.4) is 0 Å². The van der Waals surface area contributed by atoms with Crippen molar-refractivity contribution >= 4 is 45.9 Å². The SMILES string of the molecule is COCCOC(=O)Nc1cccc(NC(=O)c2oc3c(Cl)cccc3c2C)c1. The maximum absolute atomic E-state index is 12.6. The molecule has 146 valence electrons. The summed E-state index contributed by atoms with van der Waals surface area (Å²) >= 11 is 6.14. The predicted molar refractivity (Wildman–Crippen MR) is 107 cm³/mol. The highest BCUT2D eigenvalue weighted by Crippen LogP contribution is 2.31. The fraction of sp³-hybridized carbons (Fsp3) is 0.200. The molecule has 8 heteroatoms. The Morgan fingerprint density at radius 1 is 1.07 bits per heavy atom. The van der Waals surface area contributed by atoms with Gasteiger partial charge in [-0.25, -0.2) is 4.79 Å². The van der Waals surface area contributed by atoms with Crippen LogP contribution in [-0.4, -0.2) is 32.3 Å². The molecule has 1 heterocycles. The van der Waals surface area contributed by atoms with Crippen LogP contribution >= 0.6 is 11.6 Å². The van der Waals surface area contributed by atoms with E-state index < -0.39 is 12.0 Å². The third kappa shape index (κ3) is 4.44. The number of halogens is 1. The molecule has 2 N–H and O–H groups in total. The maximum Gasteiger partial charge on any atom is 0.411 e. The maximum atomic E-state index is 12.6. The number of aryl methyl sites for hydroxylation is 1. The minimum absolute atomic E-state index is 0.145. The molecule has 0 atom stereocenters. The quantitative estimate of drug-likeness (QED) is 0.576. The number of amides is 2. The summed E-state index contributed by atoms with van der Waals surface area (Å²) in [6, 6.07) is 12.0. The zero-order chi connectivity index (χ0) is 20.1. The van der Waals surface area contributed by atoms with Gasteiger partial charge >= 0.3 is 6.09 Å². The smallest absolute Gasteiger partial charge is 0.411 e. The third-order valence-electron chi connectivity index (χ3n) is 4.01. The van der Waals surface area contributed by atoms with E-state index in [0.29, 0.717) is 34.2 Å². The molecular weight excluding hydrogens is 384 g/mol. The molecule has 0 spiro atoms. The average Bonchev–Trinajstić information content (AvgIpc) is 3.01. The number of benzene rings is 2. The monoisotopic (exact) mass is 402 g/mol. The highest BCUT2D eigenvalue weighted by molar-refractivity contribution is 6.35. The number of carbonyl (C=O) groups excluding carboxylic acids is 2. The molecule has 0 saturated carbocycles. The summed E-state index contributed by atoms with van der Waals surface area (Å²) in [5.41, 5.74) is 2.14. The van der Waals surface area contributed by atoms with Gasteiger partial charge in [0.25, 0.3) is 5.91 Å². The van der Waals surface area contributed by atoms with Crippen molar-refractivity contribution < 1.29 is 23.5 Å². The lowest BCUT2D eigenvalue weighted by Gasteiger charge is -2.09. The molecule has 0 radical (unpaired) electrons. The fourth-order valence-electron chi connectivity index (χ4n) is 2.66. The van der Waals surface area contributed by atoms with Crippen LogP contribution < -0.4 is 10.6 Å². The molecule has 28 heavy (non-hydrogen) atoms. The molecule has 3 aromatic rings. The zero-order valence-corrected chi connectivity index (χ0v) is 16.1. The number of hydrogen-bond acceptors (Lipinski definition) is 5. The first-order valence-electron chi connectivity index (χ1n) is 8.51. The normalized spacial score (nSPS) is 10.7. The molecule has 0 bridgehead atoms. The highest BCUT2D eigenvalue weighted by Gasteiger charge is 2.19. The second kappa shape index (κ2) is 8.77. The van der Waals surface area contributed by atoms with Crippen LogP contribution in [0.5, 0.6) is 0 Å². The van der Waals surface area contributed by atoms with Crippen molar-refractivity contribution in [3.8, 4) is 0 Å². The van der Waals surface area contributed by atoms with Gasteiger partial charge in [0.2, 0.25) is 0 Å². The van der Waals surface area contributed by atoms with E-state index in [1.54, 1.807) is 43.3 Å². The molecule has 0 unspecified atom stereocenters. The van der Waals surface area contributed by atoms with Crippen LogP contribution in [0.1, 0.15) is 16.1 Å². The number of ether oxygens (including phenoxy) is 2. The summed E-state index contributed by atoms with van der Waals surface area (Å²) in [6.07, 6.45) is -0.608. The molecular formula is C20H19ClN2O5. The van der Waals surface area contributed by atoms with E-state index in [4.69, 9.17) is 25.5 Å². The van der Waals surface area contributed by atoms with E-state index in [1.807, 2.05) is 6.07 Å². The number of anilines is 2. The van der Waals surface area contributed by atoms with Crippen molar-refractivity contribution in [2.24, 2.45) is 0 Å². The number of rotatable bonds is 6. The van der Waals surface area contributed by atoms with E-state index in [9.17, 15) is 9.59 Å². The molecule has 0 saturated heterocycles. The van der Waals surface area contributed by atoms with Crippen molar-refractivity contribution in [2.45, 2.75) is 6.92 Å². The van der Waals surface area contributed by atoms with Crippen LogP contribution in [0.15, 0.2) is 46.9 Å². The summed E-state index contributed by atoms with van der Waals surface area (Å²) in [6.45, 7) is 2.25. The summed E-state index contributed by atoms with van der Waals surface area (Å²) in [5, 5.41) is 6.57. The van der Waals surface area contributed by atoms with E-state index in [-0.39, 0.29) is 12.4 Å². The van der Waals surface area contributed by atoms with Gasteiger partial charge in [0.05, 0.1) is 11.6 Å². The van der Waals surface area contributed by atoms with Crippen LogP contribution in [-0.2, 0) is 9.47 Å². The standard InChI is InChI=1S/C20H19ClN2O5/c1-12-15-7-4-8-16(21)18(15)28-17(12)19(24)22-13-5-3-6-14(11-13)23-20(25)27-10-9-26-2/h3-8,11H,9-10H2,1-2H3,(H,22,24)(H,23,25). The van der Waals surface area contributed by atoms with Crippen molar-refractivity contribution in [1.29, 1.82) is 0 Å². The number of nitrogens with one attached hydrogen (secondary N) is 2. The lowest BCUT2D eigenvalue weighted by Crippen LogP contribution is -2.17. The number of carbonyl (C=O) groups is 2. The second-order valence-corrected chi connectivity index (χ2v) is 6.37. The Kier molecular flexibility index (Phi) is 6.18. The van der Waals surface area contributed by atoms with Crippen LogP contribution in [0.25, 0.3) is 11.0 Å². The topological polar surface area (TPSA) is 89.8 Å². The predicted octanol–water partition coefficient (Wildman–Crippen LogP) is 4.84. The van der Waals surface area contributed by atoms with Gasteiger partial charge in [0.15, 0.2) is 11.3 Å². The largest absolute Gasteiger partial charge is 0.449 e. The van der Waals surface area contributed by atoms with Crippen LogP contribution in [0.2, 0.25) is 5.02 Å². The lowest BCUT2D eigenvalue weighted by molar-refractivity contribution is 0.0997. The van der Waals surface area contributed by atoms with Crippen molar-refractivity contribution in [2.75, 3.05) is 31.0 Å². The summed E-state index contributed by atoms with van der Waals surface area (Å²) in [5.74, 6) is -0.231. The first-order chi connectivity index (χ1) is 13.5. The molecule has 2 aromatic carbocycles. The van der Waals surface area contributed by atoms with Gasteiger partial charge in [0.1, 0.15) is 6.61 Å². The van der Waals surface area contributed by atoms with E-state index >= 15 is 0 Å². The molecule has 1 aromatic heterocycles. The minimum Gasteiger partial charge on any atom is -0.449 e. The van der Waals surface area contributed by atoms with Gasteiger partial charge in [-0.3, -0.25) is 10.1 Å². The molecule has 7 nitrogen and oxygen atoms in total. The van der Waals surface area contributed by atoms with Gasteiger partial charge in [0, 0.05) is 29.4 Å². The van der Waals surface area contributed by atoms with Crippen molar-refractivity contribution in [3.63, 3.8) is 0 Å². The van der Waals surface area contributed by atoms with E-state index in [1.165, 1.54) is 7.11 Å². The Balaban J connectivity index is 1.72. The van der Waals surface area contributed by atoms with Crippen LogP contribution in [0.4, 0.5) is 16.2 Å². The van der Waals surface area contributed by atoms with Crippen molar-refractivity contribution in [3.05, 3.63) is 58.8 Å². The molecule has 3 rings (SSSR count). The fourth-order valence-corrected chi connectivity index (χ4v) is 2.87. The Morgan fingerprint density at radius 3 is 2.50 bits per heavy atom. The number of furan rings is 1. The molecule has 2 amide bonds. The molecule has 0 aliphatic carbocycles. The first-order valence-corrected chi connectivity index (χ1v) is 8.89. The van der Waals surface area contributed by atoms with Crippen LogP contribution in [0, 0.1) is 6.92 Å². The Morgan fingerprint density at radius 2 is 1.79 bits per heavy atom. The summed E-state index contributed by atoms with van der Waals surface area (Å²) in [7, 11) is 1.52. The second-order valence-electron chi connectivity index (χ2n) is 5.96. The summed E-state index contributed by atoms with van der Waals surface area (Å²) in [4.78, 5) is 24.4. The Labute approximate surface area is 166 Å². The number of hydrogen-bond donors (Lipinski definition) is 2. The van der Waals surface area contributed by atoms with Crippen molar-refractivity contribution in [1.82, 2.24) is 0 Å². The Hall–Kier alpha value is -3.03. The average molecular weight is 403 g/mol. The number of fused-ring (bicyclic) bond motifs is 1. The van der Waals surface area contributed by atoms with Gasteiger partial charge in [-0.2, -0.15) is 0 Å². The molecule has 0 fully saturated rings. The molecule has 0 aliphatic rings. The minimum atomic E-state index is -0.608. The highest BCUT2D eigenvalue weighted by atomic mass is 35.5. The first kappa shape index (κ1) is 19.7. The van der Waals surface area contributed by atoms with Gasteiger partial charge in [-0.1, -0.05) is 29.8 Å². The van der Waals surface area contributed by atoms with Gasteiger partial charge < -0.3 is 19.2 Å². The lowest BCUT2D eigenvalue weighted by atomic mass is 10.1. The van der Waals surface area contributed by atoms with E-state index in [0.717, 1.165) is 5.39 Å². The van der Waals surface area contributed by atoms with Gasteiger partial charge in [-0.15, -0.1) is 0 Å². The Bertz CT molecular complexity index is 1010. The third-order valence-corrected chi connectivity index (χ3v) is 4.31. The summed E-state index contributed by atoms with van der Waals surface area (Å²) < 4.78 is 15.4. The zero-order valence-electron chi connectivity index (χ0n) is 15.4. The number of methoxy groups -OCH3 is 1. The van der Waals surface area contributed by atoms with E-state index in [2.05, 4.69) is 10.6 Å². The molecule has 0 aliphatic heterocycles. The number of para-hydroxylation sites is 1. The van der Waals surface area contributed by atoms with Gasteiger partial charge in [-0.05, 0) is 31.2 Å².